The molecule has 2 fully saturated rings. The molecule has 148 valence electrons. The van der Waals surface area contributed by atoms with Crippen molar-refractivity contribution in [2.24, 2.45) is 5.92 Å². The standard InChI is InChI=1S/C16H28N4O5S/c1-2-3-5-11(13(21)15(23)18-25)16(24)20-8-4-6-12(20)14(22)19-26-9-7-17-10-26/h11-13,17,21H,2-10H2,1H3,(H2-,18,19,22,23,25)/p+1/t11-,12+,13+,26?/m1/s1. The SMILES string of the molecule is CCCC[C@@H](C(=O)N1CCC[C@H]1C(=O)N[S+]1CCNC1)[C@H](O)C(=O)NO. The normalized spacial score (nSPS) is 25.0. The second-order valence-corrected chi connectivity index (χ2v) is 8.55. The number of carbonyl (C=O) groups is 3. The Kier molecular flexibility index (Phi) is 8.14. The molecule has 2 aliphatic rings. The maximum atomic E-state index is 13.0. The zero-order valence-electron chi connectivity index (χ0n) is 15.1. The molecule has 3 amide bonds. The third-order valence-corrected chi connectivity index (χ3v) is 6.57. The predicted octanol–water partition coefficient (Wildman–Crippen LogP) is -1.14. The molecule has 0 aliphatic carbocycles. The summed E-state index contributed by atoms with van der Waals surface area (Å²) in [5.74, 6) is -0.899. The van der Waals surface area contributed by atoms with Crippen molar-refractivity contribution in [2.45, 2.75) is 51.2 Å². The predicted molar refractivity (Wildman–Crippen MR) is 96.9 cm³/mol. The van der Waals surface area contributed by atoms with Gasteiger partial charge in [-0.05, 0) is 19.3 Å². The van der Waals surface area contributed by atoms with Gasteiger partial charge in [0, 0.05) is 13.1 Å². The first kappa shape index (κ1) is 20.9. The van der Waals surface area contributed by atoms with Crippen molar-refractivity contribution in [2.75, 3.05) is 24.7 Å². The molecule has 0 bridgehead atoms. The van der Waals surface area contributed by atoms with Crippen LogP contribution in [0.15, 0.2) is 0 Å². The second kappa shape index (κ2) is 10.1. The topological polar surface area (TPSA) is 131 Å². The van der Waals surface area contributed by atoms with Crippen LogP contribution in [0.5, 0.6) is 0 Å². The molecule has 0 aromatic carbocycles. The summed E-state index contributed by atoms with van der Waals surface area (Å²) in [4.78, 5) is 38.7. The van der Waals surface area contributed by atoms with Crippen LogP contribution in [0.1, 0.15) is 39.0 Å². The van der Waals surface area contributed by atoms with Gasteiger partial charge in [0.2, 0.25) is 5.91 Å². The van der Waals surface area contributed by atoms with Crippen LogP contribution in [0.3, 0.4) is 0 Å². The van der Waals surface area contributed by atoms with E-state index in [4.69, 9.17) is 5.21 Å². The van der Waals surface area contributed by atoms with E-state index in [1.807, 2.05) is 6.92 Å². The summed E-state index contributed by atoms with van der Waals surface area (Å²) < 4.78 is 3.00. The molecule has 0 saturated carbocycles. The van der Waals surface area contributed by atoms with E-state index in [2.05, 4.69) is 10.0 Å². The van der Waals surface area contributed by atoms with Gasteiger partial charge in [-0.15, -0.1) is 0 Å². The van der Waals surface area contributed by atoms with Crippen LogP contribution in [0, 0.1) is 5.92 Å². The lowest BCUT2D eigenvalue weighted by atomic mass is 9.93. The van der Waals surface area contributed by atoms with E-state index in [1.165, 1.54) is 10.4 Å². The Balaban J connectivity index is 2.06. The van der Waals surface area contributed by atoms with E-state index < -0.39 is 29.9 Å². The van der Waals surface area contributed by atoms with Gasteiger partial charge in [-0.2, -0.15) is 4.72 Å². The van der Waals surface area contributed by atoms with Crippen LogP contribution < -0.4 is 15.5 Å². The zero-order valence-corrected chi connectivity index (χ0v) is 15.9. The molecule has 10 heteroatoms. The van der Waals surface area contributed by atoms with E-state index in [0.29, 0.717) is 32.2 Å². The van der Waals surface area contributed by atoms with Gasteiger partial charge in [0.25, 0.3) is 11.8 Å². The molecule has 1 unspecified atom stereocenters. The minimum atomic E-state index is -1.63. The third kappa shape index (κ3) is 5.09. The average Bonchev–Trinajstić information content (AvgIpc) is 3.32. The fourth-order valence-corrected chi connectivity index (χ4v) is 4.89. The molecule has 0 radical (unpaired) electrons. The van der Waals surface area contributed by atoms with Gasteiger partial charge < -0.3 is 10.0 Å². The molecule has 0 spiro atoms. The highest BCUT2D eigenvalue weighted by Gasteiger charge is 2.42. The van der Waals surface area contributed by atoms with Gasteiger partial charge >= 0.3 is 0 Å². The number of unbranched alkanes of at least 4 members (excludes halogenated alkanes) is 1. The number of hydrogen-bond acceptors (Lipinski definition) is 6. The van der Waals surface area contributed by atoms with Gasteiger partial charge in [0.1, 0.15) is 29.0 Å². The van der Waals surface area contributed by atoms with Crippen LogP contribution in [-0.4, -0.2) is 69.8 Å². The molecule has 2 saturated heterocycles. The first-order valence-corrected chi connectivity index (χ1v) is 10.7. The van der Waals surface area contributed by atoms with Gasteiger partial charge in [-0.1, -0.05) is 19.8 Å². The van der Waals surface area contributed by atoms with Crippen molar-refractivity contribution in [3.05, 3.63) is 0 Å². The zero-order chi connectivity index (χ0) is 19.1. The minimum Gasteiger partial charge on any atom is -0.382 e. The molecule has 2 heterocycles. The third-order valence-electron chi connectivity index (χ3n) is 4.83. The summed E-state index contributed by atoms with van der Waals surface area (Å²) in [6, 6.07) is -0.566. The number of rotatable bonds is 8. The number of aliphatic hydroxyl groups is 1. The lowest BCUT2D eigenvalue weighted by molar-refractivity contribution is -0.152. The Morgan fingerprint density at radius 3 is 2.77 bits per heavy atom. The Morgan fingerprint density at radius 1 is 1.38 bits per heavy atom. The number of amides is 3. The lowest BCUT2D eigenvalue weighted by Crippen LogP contribution is -2.52. The Hall–Kier alpha value is -1.36. The molecule has 26 heavy (non-hydrogen) atoms. The van der Waals surface area contributed by atoms with Crippen LogP contribution in [0.2, 0.25) is 0 Å². The highest BCUT2D eigenvalue weighted by atomic mass is 32.2. The maximum Gasteiger partial charge on any atom is 0.283 e. The van der Waals surface area contributed by atoms with Gasteiger partial charge in [-0.25, -0.2) is 5.48 Å². The lowest BCUT2D eigenvalue weighted by Gasteiger charge is -2.29. The van der Waals surface area contributed by atoms with E-state index in [0.717, 1.165) is 24.6 Å². The fourth-order valence-electron chi connectivity index (χ4n) is 3.37. The summed E-state index contributed by atoms with van der Waals surface area (Å²) in [6.45, 7) is 3.25. The Morgan fingerprint density at radius 2 is 2.15 bits per heavy atom. The van der Waals surface area contributed by atoms with E-state index in [9.17, 15) is 19.5 Å². The van der Waals surface area contributed by atoms with Crippen LogP contribution in [0.25, 0.3) is 0 Å². The molecule has 4 atom stereocenters. The van der Waals surface area contributed by atoms with Gasteiger partial charge in [0.15, 0.2) is 5.88 Å². The van der Waals surface area contributed by atoms with Crippen molar-refractivity contribution in [1.82, 2.24) is 20.4 Å². The van der Waals surface area contributed by atoms with E-state index >= 15 is 0 Å². The van der Waals surface area contributed by atoms with Crippen LogP contribution in [0.4, 0.5) is 0 Å². The quantitative estimate of drug-likeness (QED) is 0.203. The summed E-state index contributed by atoms with van der Waals surface area (Å²) in [7, 11) is 0. The van der Waals surface area contributed by atoms with Crippen LogP contribution in [-0.2, 0) is 25.5 Å². The number of aliphatic hydroxyl groups excluding tert-OH is 1. The Bertz CT molecular complexity index is 515. The summed E-state index contributed by atoms with van der Waals surface area (Å²) in [5, 5.41) is 22.1. The van der Waals surface area contributed by atoms with E-state index in [-0.39, 0.29) is 17.0 Å². The molecule has 0 aromatic rings. The first-order valence-electron chi connectivity index (χ1n) is 9.10. The van der Waals surface area contributed by atoms with Crippen molar-refractivity contribution in [3.63, 3.8) is 0 Å². The van der Waals surface area contributed by atoms with Crippen molar-refractivity contribution >= 4 is 28.8 Å². The number of hydroxylamine groups is 1. The molecule has 2 rings (SSSR count). The Labute approximate surface area is 156 Å². The first-order chi connectivity index (χ1) is 12.5. The molecule has 9 nitrogen and oxygen atoms in total. The molecule has 0 aromatic heterocycles. The number of hydrogen-bond donors (Lipinski definition) is 5. The van der Waals surface area contributed by atoms with Crippen LogP contribution >= 0.6 is 0 Å². The number of nitrogens with zero attached hydrogens (tertiary/aromatic N) is 1. The van der Waals surface area contributed by atoms with Crippen molar-refractivity contribution in [1.29, 1.82) is 0 Å². The van der Waals surface area contributed by atoms with Gasteiger partial charge in [0.05, 0.1) is 5.92 Å². The highest BCUT2D eigenvalue weighted by molar-refractivity contribution is 7.95. The van der Waals surface area contributed by atoms with E-state index in [1.54, 1.807) is 0 Å². The van der Waals surface area contributed by atoms with Gasteiger partial charge in [-0.3, -0.25) is 24.9 Å². The second-order valence-electron chi connectivity index (χ2n) is 6.67. The smallest absolute Gasteiger partial charge is 0.283 e. The molecule has 2 aliphatic heterocycles. The monoisotopic (exact) mass is 389 g/mol. The minimum absolute atomic E-state index is 0.168. The van der Waals surface area contributed by atoms with Crippen molar-refractivity contribution < 1.29 is 24.7 Å². The number of nitrogens with one attached hydrogen (secondary N) is 3. The number of likely N-dealkylation sites (tertiary alicyclic amines) is 1. The summed E-state index contributed by atoms with van der Waals surface area (Å²) >= 11 is -0.210. The molecular formula is C16H29N4O5S+. The average molecular weight is 389 g/mol. The number of carbonyl (C=O) groups excluding carboxylic acids is 3. The largest absolute Gasteiger partial charge is 0.382 e. The van der Waals surface area contributed by atoms with Crippen molar-refractivity contribution in [3.8, 4) is 0 Å². The summed E-state index contributed by atoms with van der Waals surface area (Å²) in [6.07, 6.45) is 1.43. The maximum absolute atomic E-state index is 13.0. The molecule has 5 N–H and O–H groups in total. The summed E-state index contributed by atoms with van der Waals surface area (Å²) in [5.41, 5.74) is 1.40. The highest BCUT2D eigenvalue weighted by Crippen LogP contribution is 2.24. The molecular weight excluding hydrogens is 360 g/mol. The fraction of sp³-hybridized carbons (Fsp3) is 0.812.